The van der Waals surface area contributed by atoms with Crippen LogP contribution in [0.5, 0.6) is 5.75 Å². The molecule has 0 aliphatic heterocycles. The van der Waals surface area contributed by atoms with Gasteiger partial charge in [0.1, 0.15) is 17.7 Å². The Balaban J connectivity index is 1.75. The predicted molar refractivity (Wildman–Crippen MR) is 78.8 cm³/mol. The predicted octanol–water partition coefficient (Wildman–Crippen LogP) is 4.17. The first-order chi connectivity index (χ1) is 9.65. The second kappa shape index (κ2) is 5.53. The third-order valence-electron chi connectivity index (χ3n) is 5.09. The van der Waals surface area contributed by atoms with E-state index in [2.05, 4.69) is 5.32 Å². The topological polar surface area (TPSA) is 21.3 Å². The maximum Gasteiger partial charge on any atom is 0.145 e. The Morgan fingerprint density at radius 3 is 2.70 bits per heavy atom. The zero-order chi connectivity index (χ0) is 14.2. The largest absolute Gasteiger partial charge is 0.490 e. The molecule has 0 radical (unpaired) electrons. The van der Waals surface area contributed by atoms with Crippen molar-refractivity contribution in [2.24, 2.45) is 5.41 Å². The van der Waals surface area contributed by atoms with Crippen LogP contribution >= 0.6 is 11.6 Å². The number of rotatable bonds is 3. The molecule has 2 saturated carbocycles. The lowest BCUT2D eigenvalue weighted by Gasteiger charge is -2.57. The second-order valence-electron chi connectivity index (χ2n) is 6.05. The van der Waals surface area contributed by atoms with Crippen molar-refractivity contribution >= 4 is 11.6 Å². The van der Waals surface area contributed by atoms with E-state index in [4.69, 9.17) is 16.3 Å². The molecule has 1 N–H and O–H groups in total. The van der Waals surface area contributed by atoms with E-state index in [0.717, 1.165) is 6.42 Å². The fraction of sp³-hybridized carbons (Fsp3) is 0.625. The van der Waals surface area contributed by atoms with Crippen molar-refractivity contribution in [3.63, 3.8) is 0 Å². The van der Waals surface area contributed by atoms with Gasteiger partial charge in [0, 0.05) is 23.9 Å². The highest BCUT2D eigenvalue weighted by Gasteiger charge is 2.55. The van der Waals surface area contributed by atoms with Crippen LogP contribution in [0.3, 0.4) is 0 Å². The lowest BCUT2D eigenvalue weighted by molar-refractivity contribution is -0.101. The van der Waals surface area contributed by atoms with Gasteiger partial charge in [0.05, 0.1) is 5.02 Å². The van der Waals surface area contributed by atoms with Crippen LogP contribution < -0.4 is 10.1 Å². The van der Waals surface area contributed by atoms with Gasteiger partial charge in [-0.2, -0.15) is 0 Å². The van der Waals surface area contributed by atoms with Crippen molar-refractivity contribution < 1.29 is 9.13 Å². The summed E-state index contributed by atoms with van der Waals surface area (Å²) in [4.78, 5) is 0. The minimum absolute atomic E-state index is 0.145. The van der Waals surface area contributed by atoms with E-state index >= 15 is 0 Å². The summed E-state index contributed by atoms with van der Waals surface area (Å²) < 4.78 is 19.6. The average molecular weight is 298 g/mol. The third-order valence-corrected chi connectivity index (χ3v) is 5.39. The molecule has 2 fully saturated rings. The van der Waals surface area contributed by atoms with Crippen LogP contribution in [0, 0.1) is 11.2 Å². The van der Waals surface area contributed by atoms with Crippen molar-refractivity contribution in [3.05, 3.63) is 29.0 Å². The van der Waals surface area contributed by atoms with Gasteiger partial charge in [-0.05, 0) is 32.0 Å². The van der Waals surface area contributed by atoms with Crippen molar-refractivity contribution in [2.45, 2.75) is 50.7 Å². The number of hydrogen-bond acceptors (Lipinski definition) is 2. The van der Waals surface area contributed by atoms with Gasteiger partial charge in [-0.25, -0.2) is 4.39 Å². The van der Waals surface area contributed by atoms with Gasteiger partial charge in [-0.15, -0.1) is 0 Å². The van der Waals surface area contributed by atoms with E-state index in [-0.39, 0.29) is 16.5 Å². The molecule has 0 amide bonds. The first kappa shape index (κ1) is 14.2. The molecule has 0 heterocycles. The lowest BCUT2D eigenvalue weighted by atomic mass is 9.55. The molecule has 3 rings (SSSR count). The minimum Gasteiger partial charge on any atom is -0.490 e. The Morgan fingerprint density at radius 1 is 1.30 bits per heavy atom. The summed E-state index contributed by atoms with van der Waals surface area (Å²) in [7, 11) is 2.03. The Bertz CT molecular complexity index is 487. The molecule has 2 unspecified atom stereocenters. The number of ether oxygens (including phenoxy) is 1. The summed E-state index contributed by atoms with van der Waals surface area (Å²) in [6.07, 6.45) is 7.47. The van der Waals surface area contributed by atoms with Gasteiger partial charge < -0.3 is 10.1 Å². The van der Waals surface area contributed by atoms with Crippen LogP contribution in [0.1, 0.15) is 38.5 Å². The smallest absolute Gasteiger partial charge is 0.145 e. The Morgan fingerprint density at radius 2 is 2.05 bits per heavy atom. The van der Waals surface area contributed by atoms with Crippen LogP contribution in [0.15, 0.2) is 18.2 Å². The fourth-order valence-electron chi connectivity index (χ4n) is 3.91. The zero-order valence-electron chi connectivity index (χ0n) is 11.8. The van der Waals surface area contributed by atoms with E-state index in [1.54, 1.807) is 12.1 Å². The van der Waals surface area contributed by atoms with Crippen LogP contribution in [-0.4, -0.2) is 19.2 Å². The highest BCUT2D eigenvalue weighted by atomic mass is 35.5. The number of benzene rings is 1. The molecule has 1 aromatic rings. The van der Waals surface area contributed by atoms with Crippen molar-refractivity contribution in [3.8, 4) is 5.75 Å². The minimum atomic E-state index is -0.411. The van der Waals surface area contributed by atoms with Crippen LogP contribution in [-0.2, 0) is 0 Å². The van der Waals surface area contributed by atoms with Gasteiger partial charge in [0.25, 0.3) is 0 Å². The van der Waals surface area contributed by atoms with Gasteiger partial charge in [-0.1, -0.05) is 30.9 Å². The highest BCUT2D eigenvalue weighted by Crippen LogP contribution is 2.53. The molecule has 0 bridgehead atoms. The van der Waals surface area contributed by atoms with Crippen molar-refractivity contribution in [1.29, 1.82) is 0 Å². The molecule has 0 aromatic heterocycles. The molecule has 4 heteroatoms. The van der Waals surface area contributed by atoms with E-state index in [1.807, 2.05) is 7.05 Å². The molecular weight excluding hydrogens is 277 g/mol. The molecule has 2 atom stereocenters. The van der Waals surface area contributed by atoms with E-state index in [0.29, 0.717) is 11.8 Å². The van der Waals surface area contributed by atoms with Gasteiger partial charge >= 0.3 is 0 Å². The Hall–Kier alpha value is -0.800. The molecule has 110 valence electrons. The second-order valence-corrected chi connectivity index (χ2v) is 6.46. The van der Waals surface area contributed by atoms with Crippen LogP contribution in [0.4, 0.5) is 4.39 Å². The molecule has 2 nitrogen and oxygen atoms in total. The summed E-state index contributed by atoms with van der Waals surface area (Å²) in [6, 6.07) is 5.25. The molecule has 2 aliphatic rings. The van der Waals surface area contributed by atoms with Crippen molar-refractivity contribution in [2.75, 3.05) is 7.05 Å². The molecule has 1 spiro atoms. The summed E-state index contributed by atoms with van der Waals surface area (Å²) in [5.74, 6) is 0.183. The third kappa shape index (κ3) is 2.31. The highest BCUT2D eigenvalue weighted by molar-refractivity contribution is 6.30. The summed E-state index contributed by atoms with van der Waals surface area (Å²) in [6.45, 7) is 0. The SMILES string of the molecule is CNC1CC(Oc2ccc(Cl)c(F)c2)C12CCCCC2. The van der Waals surface area contributed by atoms with Crippen LogP contribution in [0.2, 0.25) is 5.02 Å². The summed E-state index contributed by atoms with van der Waals surface area (Å²) in [5.41, 5.74) is 0.239. The first-order valence-corrected chi connectivity index (χ1v) is 7.82. The number of hydrogen-bond donors (Lipinski definition) is 1. The van der Waals surface area contributed by atoms with Gasteiger partial charge in [0.2, 0.25) is 0 Å². The Labute approximate surface area is 124 Å². The molecule has 20 heavy (non-hydrogen) atoms. The van der Waals surface area contributed by atoms with E-state index in [1.165, 1.54) is 38.2 Å². The number of nitrogens with one attached hydrogen (secondary N) is 1. The normalized spacial score (nSPS) is 28.1. The maximum absolute atomic E-state index is 13.5. The molecule has 0 saturated heterocycles. The van der Waals surface area contributed by atoms with Gasteiger partial charge in [0.15, 0.2) is 0 Å². The Kier molecular flexibility index (Phi) is 3.91. The standard InChI is InChI=1S/C16H21ClFNO/c1-19-14-10-15(16(14)7-3-2-4-8-16)20-11-5-6-12(17)13(18)9-11/h5-6,9,14-15,19H,2-4,7-8,10H2,1H3. The van der Waals surface area contributed by atoms with E-state index < -0.39 is 5.82 Å². The monoisotopic (exact) mass is 297 g/mol. The fourth-order valence-corrected chi connectivity index (χ4v) is 4.03. The molecular formula is C16H21ClFNO. The average Bonchev–Trinajstić information content (AvgIpc) is 2.47. The first-order valence-electron chi connectivity index (χ1n) is 7.45. The number of halogens is 2. The van der Waals surface area contributed by atoms with Crippen LogP contribution in [0.25, 0.3) is 0 Å². The molecule has 2 aliphatic carbocycles. The lowest BCUT2D eigenvalue weighted by Crippen LogP contribution is -2.64. The molecule has 1 aromatic carbocycles. The van der Waals surface area contributed by atoms with E-state index in [9.17, 15) is 4.39 Å². The van der Waals surface area contributed by atoms with Gasteiger partial charge in [-0.3, -0.25) is 0 Å². The summed E-state index contributed by atoms with van der Waals surface area (Å²) >= 11 is 5.71. The summed E-state index contributed by atoms with van der Waals surface area (Å²) in [5, 5.41) is 3.57. The zero-order valence-corrected chi connectivity index (χ0v) is 12.5. The maximum atomic E-state index is 13.5. The quantitative estimate of drug-likeness (QED) is 0.904. The van der Waals surface area contributed by atoms with Crippen molar-refractivity contribution in [1.82, 2.24) is 5.32 Å².